The van der Waals surface area contributed by atoms with Crippen LogP contribution < -0.4 is 5.32 Å². The highest BCUT2D eigenvalue weighted by molar-refractivity contribution is 7.09. The van der Waals surface area contributed by atoms with Gasteiger partial charge in [0.05, 0.1) is 28.9 Å². The number of hydrogen-bond donors (Lipinski definition) is 1. The van der Waals surface area contributed by atoms with Crippen molar-refractivity contribution in [2.24, 2.45) is 0 Å². The second-order valence-electron chi connectivity index (χ2n) is 4.13. The summed E-state index contributed by atoms with van der Waals surface area (Å²) in [6.07, 6.45) is -4.48. The molecule has 0 unspecified atom stereocenters. The van der Waals surface area contributed by atoms with Crippen LogP contribution in [0.5, 0.6) is 0 Å². The molecule has 0 bridgehead atoms. The Hall–Kier alpha value is -1.89. The summed E-state index contributed by atoms with van der Waals surface area (Å²) in [6.45, 7) is 1.75. The number of alkyl halides is 3. The average molecular weight is 300 g/mol. The van der Waals surface area contributed by atoms with E-state index in [9.17, 15) is 18.0 Å². The van der Waals surface area contributed by atoms with Gasteiger partial charge in [-0.25, -0.2) is 4.98 Å². The van der Waals surface area contributed by atoms with Crippen LogP contribution in [0, 0.1) is 6.92 Å². The van der Waals surface area contributed by atoms with Gasteiger partial charge < -0.3 is 5.32 Å². The topological polar surface area (TPSA) is 42.0 Å². The lowest BCUT2D eigenvalue weighted by molar-refractivity contribution is -0.137. The molecule has 1 aromatic heterocycles. The second-order valence-corrected chi connectivity index (χ2v) is 5.07. The van der Waals surface area contributed by atoms with Crippen molar-refractivity contribution in [1.29, 1.82) is 0 Å². The molecule has 1 amide bonds. The van der Waals surface area contributed by atoms with Crippen molar-refractivity contribution in [3.63, 3.8) is 0 Å². The summed E-state index contributed by atoms with van der Waals surface area (Å²) in [4.78, 5) is 16.5. The van der Waals surface area contributed by atoms with Crippen molar-refractivity contribution in [2.75, 3.05) is 5.32 Å². The van der Waals surface area contributed by atoms with E-state index in [2.05, 4.69) is 10.3 Å². The van der Waals surface area contributed by atoms with Crippen molar-refractivity contribution in [3.05, 3.63) is 45.9 Å². The first-order valence-corrected chi connectivity index (χ1v) is 6.61. The smallest absolute Gasteiger partial charge is 0.325 e. The minimum Gasteiger partial charge on any atom is -0.325 e. The van der Waals surface area contributed by atoms with Crippen molar-refractivity contribution >= 4 is 22.9 Å². The average Bonchev–Trinajstić information content (AvgIpc) is 2.74. The maximum atomic E-state index is 12.8. The number of benzene rings is 1. The Kier molecular flexibility index (Phi) is 4.08. The summed E-state index contributed by atoms with van der Waals surface area (Å²) in [6, 6.07) is 4.91. The molecular weight excluding hydrogens is 289 g/mol. The fourth-order valence-electron chi connectivity index (χ4n) is 1.68. The predicted molar refractivity (Wildman–Crippen MR) is 70.6 cm³/mol. The molecular formula is C13H11F3N2OS. The molecule has 7 heteroatoms. The number of nitrogens with zero attached hydrogens (tertiary/aromatic N) is 1. The third-order valence-corrected chi connectivity index (χ3v) is 3.61. The Labute approximate surface area is 117 Å². The third-order valence-electron chi connectivity index (χ3n) is 2.67. The van der Waals surface area contributed by atoms with E-state index < -0.39 is 17.6 Å². The van der Waals surface area contributed by atoms with Crippen molar-refractivity contribution in [2.45, 2.75) is 19.5 Å². The summed E-state index contributed by atoms with van der Waals surface area (Å²) < 4.78 is 38.3. The molecule has 1 N–H and O–H groups in total. The van der Waals surface area contributed by atoms with E-state index in [0.717, 1.165) is 10.9 Å². The molecule has 3 nitrogen and oxygen atoms in total. The highest BCUT2D eigenvalue weighted by Crippen LogP contribution is 2.34. The second kappa shape index (κ2) is 5.62. The zero-order valence-electron chi connectivity index (χ0n) is 10.5. The molecule has 0 saturated carbocycles. The molecule has 0 aliphatic heterocycles. The van der Waals surface area contributed by atoms with Crippen LogP contribution >= 0.6 is 11.3 Å². The maximum Gasteiger partial charge on any atom is 0.418 e. The molecule has 0 radical (unpaired) electrons. The summed E-state index contributed by atoms with van der Waals surface area (Å²) >= 11 is 1.30. The maximum absolute atomic E-state index is 12.8. The standard InChI is InChI=1S/C13H11F3N2OS/c1-8-11(20-7-17-8)6-12(19)18-10-5-3-2-4-9(10)13(14,15)16/h2-5,7H,6H2,1H3,(H,18,19). The molecule has 1 heterocycles. The summed E-state index contributed by atoms with van der Waals surface area (Å²) in [5.74, 6) is -0.492. The number of halogens is 3. The van der Waals surface area contributed by atoms with Crippen LogP contribution in [0.15, 0.2) is 29.8 Å². The van der Waals surface area contributed by atoms with Gasteiger partial charge in [0, 0.05) is 4.88 Å². The Morgan fingerprint density at radius 2 is 2.05 bits per heavy atom. The molecule has 0 saturated heterocycles. The molecule has 0 aliphatic carbocycles. The van der Waals surface area contributed by atoms with Gasteiger partial charge in [-0.1, -0.05) is 12.1 Å². The monoisotopic (exact) mass is 300 g/mol. The summed E-state index contributed by atoms with van der Waals surface area (Å²) in [5, 5.41) is 2.30. The molecule has 106 valence electrons. The zero-order chi connectivity index (χ0) is 14.8. The van der Waals surface area contributed by atoms with Gasteiger partial charge in [-0.3, -0.25) is 4.79 Å². The van der Waals surface area contributed by atoms with Gasteiger partial charge in [0.25, 0.3) is 0 Å². The van der Waals surface area contributed by atoms with Crippen LogP contribution in [0.2, 0.25) is 0 Å². The Bertz CT molecular complexity index is 622. The van der Waals surface area contributed by atoms with Crippen LogP contribution in [-0.4, -0.2) is 10.9 Å². The molecule has 0 spiro atoms. The van der Waals surface area contributed by atoms with Crippen molar-refractivity contribution in [3.8, 4) is 0 Å². The van der Waals surface area contributed by atoms with Crippen LogP contribution in [0.1, 0.15) is 16.1 Å². The van der Waals surface area contributed by atoms with E-state index in [1.807, 2.05) is 0 Å². The number of amides is 1. The first-order valence-electron chi connectivity index (χ1n) is 5.73. The number of nitrogens with one attached hydrogen (secondary N) is 1. The van der Waals surface area contributed by atoms with E-state index in [4.69, 9.17) is 0 Å². The number of carbonyl (C=O) groups excluding carboxylic acids is 1. The van der Waals surface area contributed by atoms with Gasteiger partial charge in [-0.15, -0.1) is 11.3 Å². The molecule has 2 aromatic rings. The largest absolute Gasteiger partial charge is 0.418 e. The number of rotatable bonds is 3. The SMILES string of the molecule is Cc1ncsc1CC(=O)Nc1ccccc1C(F)(F)F. The Morgan fingerprint density at radius 1 is 1.35 bits per heavy atom. The lowest BCUT2D eigenvalue weighted by Crippen LogP contribution is -2.18. The number of aromatic nitrogens is 1. The Morgan fingerprint density at radius 3 is 2.65 bits per heavy atom. The molecule has 1 aromatic carbocycles. The number of anilines is 1. The van der Waals surface area contributed by atoms with E-state index in [1.54, 1.807) is 12.4 Å². The van der Waals surface area contributed by atoms with Gasteiger partial charge in [0.1, 0.15) is 0 Å². The van der Waals surface area contributed by atoms with Gasteiger partial charge in [0.2, 0.25) is 5.91 Å². The lowest BCUT2D eigenvalue weighted by atomic mass is 10.1. The molecule has 2 rings (SSSR count). The molecule has 0 fully saturated rings. The van der Waals surface area contributed by atoms with Crippen molar-refractivity contribution < 1.29 is 18.0 Å². The summed E-state index contributed by atoms with van der Waals surface area (Å²) in [5.41, 5.74) is 1.23. The minimum absolute atomic E-state index is 0.0166. The number of carbonyl (C=O) groups is 1. The molecule has 0 aliphatic rings. The third kappa shape index (κ3) is 3.36. The Balaban J connectivity index is 2.15. The zero-order valence-corrected chi connectivity index (χ0v) is 11.3. The van der Waals surface area contributed by atoms with Gasteiger partial charge >= 0.3 is 6.18 Å². The van der Waals surface area contributed by atoms with E-state index in [-0.39, 0.29) is 12.1 Å². The summed E-state index contributed by atoms with van der Waals surface area (Å²) in [7, 11) is 0. The van der Waals surface area contributed by atoms with Crippen LogP contribution in [0.4, 0.5) is 18.9 Å². The normalized spacial score (nSPS) is 11.4. The van der Waals surface area contributed by atoms with Crippen LogP contribution in [-0.2, 0) is 17.4 Å². The number of hydrogen-bond acceptors (Lipinski definition) is 3. The quantitative estimate of drug-likeness (QED) is 0.940. The number of aryl methyl sites for hydroxylation is 1. The van der Waals surface area contributed by atoms with Gasteiger partial charge in [0.15, 0.2) is 0 Å². The number of para-hydroxylation sites is 1. The van der Waals surface area contributed by atoms with Gasteiger partial charge in [-0.2, -0.15) is 13.2 Å². The fraction of sp³-hybridized carbons (Fsp3) is 0.231. The molecule has 20 heavy (non-hydrogen) atoms. The lowest BCUT2D eigenvalue weighted by Gasteiger charge is -2.13. The first-order chi connectivity index (χ1) is 9.38. The number of thiazole rings is 1. The highest BCUT2D eigenvalue weighted by Gasteiger charge is 2.33. The highest BCUT2D eigenvalue weighted by atomic mass is 32.1. The minimum atomic E-state index is -4.50. The first kappa shape index (κ1) is 14.5. The van der Waals surface area contributed by atoms with Crippen LogP contribution in [0.25, 0.3) is 0 Å². The van der Waals surface area contributed by atoms with Gasteiger partial charge in [-0.05, 0) is 19.1 Å². The van der Waals surface area contributed by atoms with E-state index in [1.165, 1.54) is 29.5 Å². The van der Waals surface area contributed by atoms with Crippen LogP contribution in [0.3, 0.4) is 0 Å². The van der Waals surface area contributed by atoms with E-state index in [0.29, 0.717) is 5.69 Å². The van der Waals surface area contributed by atoms with E-state index >= 15 is 0 Å². The van der Waals surface area contributed by atoms with Crippen molar-refractivity contribution in [1.82, 2.24) is 4.98 Å². The fourth-order valence-corrected chi connectivity index (χ4v) is 2.45. The molecule has 0 atom stereocenters. The predicted octanol–water partition coefficient (Wildman–Crippen LogP) is 3.65.